The highest BCUT2D eigenvalue weighted by Gasteiger charge is 2.50. The Labute approximate surface area is 368 Å². The summed E-state index contributed by atoms with van der Waals surface area (Å²) < 4.78 is 33.3. The van der Waals surface area contributed by atoms with E-state index in [-0.39, 0.29) is 0 Å². The van der Waals surface area contributed by atoms with Gasteiger partial charge < -0.3 is 105 Å². The standard InChI is InChI=1S/C41H28O26/c42-13-1-8-20(29(51)24(13)46)21-9(2-14(43)25(47)30(21)52)41(61)67-36-19(65-39(8)59)7-62-18-6-63-38(58)11-5-17(64-34-12(37(56)57)4-16(45)27(49)33(34)55)28(50)32(54)23(11)22-10(40(60)66-35(18)36)3-15(44)26(48)31(22)53/h1-5,18-19,35-36,42-55H,6-7H2,(H,56,57)/t18-,19+,35-,36-/m1/s1. The summed E-state index contributed by atoms with van der Waals surface area (Å²) in [6.45, 7) is -1.93. The van der Waals surface area contributed by atoms with Crippen LogP contribution in [0.1, 0.15) is 51.8 Å². The number of benzene rings is 5. The van der Waals surface area contributed by atoms with Crippen molar-refractivity contribution in [3.63, 3.8) is 0 Å². The number of aromatic hydroxyl groups is 14. The molecule has 0 amide bonds. The third-order valence-corrected chi connectivity index (χ3v) is 10.7. The minimum absolute atomic E-state index is 0.415. The van der Waals surface area contributed by atoms with E-state index in [1.54, 1.807) is 0 Å². The number of hydrogen-bond acceptors (Lipinski definition) is 25. The van der Waals surface area contributed by atoms with Gasteiger partial charge in [-0.1, -0.05) is 0 Å². The molecular formula is C41H28O26. The van der Waals surface area contributed by atoms with Crippen molar-refractivity contribution in [2.24, 2.45) is 0 Å². The molecule has 26 heteroatoms. The summed E-state index contributed by atoms with van der Waals surface area (Å²) in [6.07, 6.45) is -8.02. The Balaban J connectivity index is 1.29. The summed E-state index contributed by atoms with van der Waals surface area (Å²) in [5, 5.41) is 159. The summed E-state index contributed by atoms with van der Waals surface area (Å²) in [6, 6.07) is 2.34. The fourth-order valence-electron chi connectivity index (χ4n) is 7.47. The maximum atomic E-state index is 14.4. The maximum Gasteiger partial charge on any atom is 0.339 e. The number of carboxylic acid groups (broad SMARTS) is 1. The average Bonchev–Trinajstić information content (AvgIpc) is 3.29. The molecule has 4 atom stereocenters. The number of carbonyl (C=O) groups is 5. The molecule has 0 spiro atoms. The van der Waals surface area contributed by atoms with Crippen molar-refractivity contribution in [1.29, 1.82) is 0 Å². The highest BCUT2D eigenvalue weighted by molar-refractivity contribution is 6.10. The molecule has 3 aliphatic heterocycles. The fraction of sp³-hybridized carbons (Fsp3) is 0.146. The lowest BCUT2D eigenvalue weighted by molar-refractivity contribution is -0.197. The Kier molecular flexibility index (Phi) is 10.2. The number of carboxylic acids is 1. The van der Waals surface area contributed by atoms with E-state index in [1.807, 2.05) is 0 Å². The van der Waals surface area contributed by atoms with Crippen LogP contribution in [0.4, 0.5) is 0 Å². The summed E-state index contributed by atoms with van der Waals surface area (Å²) in [4.78, 5) is 68.5. The van der Waals surface area contributed by atoms with Gasteiger partial charge in [0.1, 0.15) is 18.3 Å². The van der Waals surface area contributed by atoms with E-state index in [0.29, 0.717) is 30.3 Å². The first-order valence-electron chi connectivity index (χ1n) is 18.6. The number of hydrogen-bond donors (Lipinski definition) is 15. The van der Waals surface area contributed by atoms with Gasteiger partial charge in [0.25, 0.3) is 0 Å². The van der Waals surface area contributed by atoms with Crippen molar-refractivity contribution in [3.8, 4) is 114 Å². The number of esters is 4. The van der Waals surface area contributed by atoms with Crippen LogP contribution in [-0.2, 0) is 23.7 Å². The second kappa shape index (κ2) is 15.6. The molecular weight excluding hydrogens is 908 g/mol. The molecule has 0 aliphatic carbocycles. The molecule has 15 N–H and O–H groups in total. The van der Waals surface area contributed by atoms with Crippen molar-refractivity contribution in [2.75, 3.05) is 13.2 Å². The van der Waals surface area contributed by atoms with Crippen molar-refractivity contribution < 1.29 is 129 Å². The molecule has 0 unspecified atom stereocenters. The molecule has 0 radical (unpaired) electrons. The number of fused-ring (bicyclic) bond motifs is 9. The molecule has 5 aromatic rings. The Hall–Kier alpha value is -9.59. The number of cyclic esters (lactones) is 1. The van der Waals surface area contributed by atoms with Gasteiger partial charge in [-0.05, 0) is 18.2 Å². The molecule has 26 nitrogen and oxygen atoms in total. The van der Waals surface area contributed by atoms with E-state index < -0.39 is 210 Å². The molecule has 3 heterocycles. The largest absolute Gasteiger partial charge is 0.504 e. The average molecular weight is 937 g/mol. The SMILES string of the molecule is O=C(O)c1cc(O)c(O)c(O)c1Oc1cc2c(c(O)c1O)-c1c(cc(O)c(O)c1O)C(=O)O[C@H]1[C@@H]3OC(=O)c4cc(O)c(O)c(O)c4-c4c(cc(O)c(O)c4O)C(=O)O[C@H]3CO[C@@H]1COC2=O. The summed E-state index contributed by atoms with van der Waals surface area (Å²) in [7, 11) is 0. The minimum atomic E-state index is -2.16. The van der Waals surface area contributed by atoms with E-state index in [4.69, 9.17) is 28.4 Å². The van der Waals surface area contributed by atoms with Crippen molar-refractivity contribution in [2.45, 2.75) is 24.4 Å². The van der Waals surface area contributed by atoms with Crippen LogP contribution in [0.3, 0.4) is 0 Å². The van der Waals surface area contributed by atoms with Crippen LogP contribution < -0.4 is 4.74 Å². The van der Waals surface area contributed by atoms with Gasteiger partial charge in [0.15, 0.2) is 75.8 Å². The summed E-state index contributed by atoms with van der Waals surface area (Å²) in [5.41, 5.74) is -9.18. The highest BCUT2D eigenvalue weighted by Crippen LogP contribution is 2.56. The molecule has 0 saturated carbocycles. The second-order valence-corrected chi connectivity index (χ2v) is 14.6. The summed E-state index contributed by atoms with van der Waals surface area (Å²) in [5.74, 6) is -29.5. The molecule has 348 valence electrons. The van der Waals surface area contributed by atoms with Gasteiger partial charge in [-0.2, -0.15) is 0 Å². The number of phenolic OH excluding ortho intramolecular Hbond substituents is 14. The number of rotatable bonds is 3. The van der Waals surface area contributed by atoms with Gasteiger partial charge in [-0.3, -0.25) is 0 Å². The van der Waals surface area contributed by atoms with E-state index in [1.165, 1.54) is 0 Å². The lowest BCUT2D eigenvalue weighted by Crippen LogP contribution is -2.59. The van der Waals surface area contributed by atoms with Crippen LogP contribution in [0.5, 0.6) is 92.0 Å². The zero-order chi connectivity index (χ0) is 48.8. The Morgan fingerprint density at radius 2 is 0.836 bits per heavy atom. The molecule has 0 bridgehead atoms. The van der Waals surface area contributed by atoms with E-state index in [0.717, 1.165) is 0 Å². The number of aromatic carboxylic acids is 1. The van der Waals surface area contributed by atoms with Crippen molar-refractivity contribution >= 4 is 29.8 Å². The van der Waals surface area contributed by atoms with Gasteiger partial charge in [-0.25, -0.2) is 24.0 Å². The van der Waals surface area contributed by atoms with Crippen LogP contribution in [0.15, 0.2) is 30.3 Å². The zero-order valence-electron chi connectivity index (χ0n) is 32.8. The van der Waals surface area contributed by atoms with Crippen molar-refractivity contribution in [3.05, 3.63) is 58.1 Å². The first-order valence-corrected chi connectivity index (χ1v) is 18.6. The first kappa shape index (κ1) is 44.0. The molecule has 67 heavy (non-hydrogen) atoms. The topological polar surface area (TPSA) is 444 Å². The van der Waals surface area contributed by atoms with Crippen LogP contribution in [0.2, 0.25) is 0 Å². The monoisotopic (exact) mass is 936 g/mol. The second-order valence-electron chi connectivity index (χ2n) is 14.6. The Morgan fingerprint density at radius 3 is 1.30 bits per heavy atom. The molecule has 1 fully saturated rings. The van der Waals surface area contributed by atoms with E-state index >= 15 is 0 Å². The van der Waals surface area contributed by atoms with Gasteiger partial charge in [0, 0.05) is 34.4 Å². The van der Waals surface area contributed by atoms with Gasteiger partial charge >= 0.3 is 29.8 Å². The molecule has 5 aromatic carbocycles. The van der Waals surface area contributed by atoms with Crippen LogP contribution in [0.25, 0.3) is 22.3 Å². The zero-order valence-corrected chi connectivity index (χ0v) is 32.8. The highest BCUT2D eigenvalue weighted by atomic mass is 16.7. The number of carbonyl (C=O) groups excluding carboxylic acids is 4. The normalized spacial score (nSPS) is 18.9. The number of ether oxygens (including phenoxy) is 6. The Morgan fingerprint density at radius 1 is 0.448 bits per heavy atom. The fourth-order valence-corrected chi connectivity index (χ4v) is 7.47. The third kappa shape index (κ3) is 6.83. The van der Waals surface area contributed by atoms with Crippen molar-refractivity contribution in [1.82, 2.24) is 0 Å². The quantitative estimate of drug-likeness (QED) is 0.0700. The molecule has 0 aromatic heterocycles. The predicted molar refractivity (Wildman–Crippen MR) is 208 cm³/mol. The Bertz CT molecular complexity index is 3060. The summed E-state index contributed by atoms with van der Waals surface area (Å²) >= 11 is 0. The smallest absolute Gasteiger partial charge is 0.339 e. The molecule has 8 rings (SSSR count). The minimum Gasteiger partial charge on any atom is -0.504 e. The molecule has 1 saturated heterocycles. The third-order valence-electron chi connectivity index (χ3n) is 10.7. The lowest BCUT2D eigenvalue weighted by Gasteiger charge is -2.41. The van der Waals surface area contributed by atoms with Gasteiger partial charge in [0.2, 0.25) is 34.5 Å². The van der Waals surface area contributed by atoms with Crippen LogP contribution >= 0.6 is 0 Å². The van der Waals surface area contributed by atoms with Crippen LogP contribution in [-0.4, -0.2) is 144 Å². The van der Waals surface area contributed by atoms with E-state index in [2.05, 4.69) is 0 Å². The van der Waals surface area contributed by atoms with Gasteiger partial charge in [0.05, 0.1) is 28.9 Å². The van der Waals surface area contributed by atoms with E-state index in [9.17, 15) is 101 Å². The predicted octanol–water partition coefficient (Wildman–Crippen LogP) is 2.25. The van der Waals surface area contributed by atoms with Gasteiger partial charge in [-0.15, -0.1) is 0 Å². The number of phenols is 14. The lowest BCUT2D eigenvalue weighted by atomic mass is 9.91. The first-order chi connectivity index (χ1) is 31.5. The molecule has 3 aliphatic rings. The maximum absolute atomic E-state index is 14.4. The van der Waals surface area contributed by atoms with Crippen LogP contribution in [0, 0.1) is 0 Å².